The van der Waals surface area contributed by atoms with Crippen LogP contribution in [-0.4, -0.2) is 22.4 Å². The molecule has 7 nitrogen and oxygen atoms in total. The summed E-state index contributed by atoms with van der Waals surface area (Å²) in [7, 11) is 0. The summed E-state index contributed by atoms with van der Waals surface area (Å²) >= 11 is 0. The Morgan fingerprint density at radius 2 is 1.72 bits per heavy atom. The van der Waals surface area contributed by atoms with E-state index in [0.717, 1.165) is 5.56 Å². The number of benzene rings is 3. The third kappa shape index (κ3) is 4.20. The van der Waals surface area contributed by atoms with E-state index in [0.29, 0.717) is 22.9 Å². The predicted octanol–water partition coefficient (Wildman–Crippen LogP) is 3.93. The Morgan fingerprint density at radius 1 is 1.00 bits per heavy atom. The molecule has 0 radical (unpaired) electrons. The van der Waals surface area contributed by atoms with Crippen LogP contribution in [0.3, 0.4) is 0 Å². The van der Waals surface area contributed by atoms with Gasteiger partial charge in [-0.25, -0.2) is 9.48 Å². The van der Waals surface area contributed by atoms with Crippen LogP contribution >= 0.6 is 0 Å². The summed E-state index contributed by atoms with van der Waals surface area (Å²) in [6.45, 7) is 2.34. The molecule has 0 saturated carbocycles. The van der Waals surface area contributed by atoms with Gasteiger partial charge in [-0.1, -0.05) is 48.5 Å². The number of carbonyl (C=O) groups is 1. The molecule has 0 N–H and O–H groups in total. The zero-order valence-electron chi connectivity index (χ0n) is 17.3. The van der Waals surface area contributed by atoms with Crippen molar-refractivity contribution in [3.05, 3.63) is 100.0 Å². The molecule has 0 aliphatic carbocycles. The van der Waals surface area contributed by atoms with E-state index in [1.807, 2.05) is 36.4 Å². The monoisotopic (exact) mass is 425 g/mol. The van der Waals surface area contributed by atoms with E-state index >= 15 is 0 Å². The molecular weight excluding hydrogens is 406 g/mol. The summed E-state index contributed by atoms with van der Waals surface area (Å²) in [5.41, 5.74) is 0.980. The third-order valence-corrected chi connectivity index (χ3v) is 4.81. The first-order chi connectivity index (χ1) is 15.6. The minimum absolute atomic E-state index is 0.0166. The van der Waals surface area contributed by atoms with E-state index in [-0.39, 0.29) is 29.3 Å². The Bertz CT molecular complexity index is 1390. The third-order valence-electron chi connectivity index (χ3n) is 4.81. The Labute approximate surface area is 184 Å². The SMILES string of the molecule is CCOc1cc(C#N)ccc1OC(=O)c1nn(Cc2ccccc2)c(=O)c2ccccc12. The van der Waals surface area contributed by atoms with Gasteiger partial charge in [0.2, 0.25) is 0 Å². The highest BCUT2D eigenvalue weighted by Gasteiger charge is 2.20. The molecule has 1 aromatic heterocycles. The van der Waals surface area contributed by atoms with Crippen molar-refractivity contribution >= 4 is 16.7 Å². The minimum Gasteiger partial charge on any atom is -0.490 e. The summed E-state index contributed by atoms with van der Waals surface area (Å²) < 4.78 is 12.4. The molecule has 0 spiro atoms. The molecule has 0 aliphatic rings. The molecule has 0 bridgehead atoms. The molecule has 0 fully saturated rings. The predicted molar refractivity (Wildman–Crippen MR) is 119 cm³/mol. The highest BCUT2D eigenvalue weighted by molar-refractivity contribution is 6.03. The van der Waals surface area contributed by atoms with Crippen molar-refractivity contribution in [2.45, 2.75) is 13.5 Å². The molecule has 4 rings (SSSR count). The number of ether oxygens (including phenoxy) is 2. The molecule has 7 heteroatoms. The van der Waals surface area contributed by atoms with E-state index in [2.05, 4.69) is 5.10 Å². The standard InChI is InChI=1S/C25H19N3O4/c1-2-31-22-14-18(15-26)12-13-21(22)32-25(30)23-19-10-6-7-11-20(19)24(29)28(27-23)16-17-8-4-3-5-9-17/h3-14H,2,16H2,1H3. The molecule has 0 atom stereocenters. The lowest BCUT2D eigenvalue weighted by atomic mass is 10.1. The highest BCUT2D eigenvalue weighted by atomic mass is 16.6. The van der Waals surface area contributed by atoms with E-state index in [1.165, 1.54) is 22.9 Å². The lowest BCUT2D eigenvalue weighted by Gasteiger charge is -2.13. The average Bonchev–Trinajstić information content (AvgIpc) is 2.82. The van der Waals surface area contributed by atoms with Gasteiger partial charge in [-0.15, -0.1) is 0 Å². The van der Waals surface area contributed by atoms with Gasteiger partial charge in [0.25, 0.3) is 5.56 Å². The molecule has 158 valence electrons. The van der Waals surface area contributed by atoms with E-state index in [1.54, 1.807) is 31.2 Å². The number of nitriles is 1. The van der Waals surface area contributed by atoms with Crippen molar-refractivity contribution in [3.8, 4) is 17.6 Å². The van der Waals surface area contributed by atoms with Crippen LogP contribution in [-0.2, 0) is 6.54 Å². The number of rotatable bonds is 6. The van der Waals surface area contributed by atoms with Crippen LogP contribution in [0.5, 0.6) is 11.5 Å². The highest BCUT2D eigenvalue weighted by Crippen LogP contribution is 2.29. The van der Waals surface area contributed by atoms with Crippen molar-refractivity contribution in [2.75, 3.05) is 6.61 Å². The van der Waals surface area contributed by atoms with Gasteiger partial charge in [0, 0.05) is 11.5 Å². The Morgan fingerprint density at radius 3 is 2.44 bits per heavy atom. The lowest BCUT2D eigenvalue weighted by Crippen LogP contribution is -2.27. The molecule has 32 heavy (non-hydrogen) atoms. The minimum atomic E-state index is -0.728. The summed E-state index contributed by atoms with van der Waals surface area (Å²) in [5.74, 6) is -0.280. The second-order valence-corrected chi connectivity index (χ2v) is 6.94. The number of aromatic nitrogens is 2. The number of esters is 1. The van der Waals surface area contributed by atoms with Gasteiger partial charge in [0.1, 0.15) is 0 Å². The fourth-order valence-corrected chi connectivity index (χ4v) is 3.33. The molecule has 0 unspecified atom stereocenters. The molecule has 3 aromatic carbocycles. The smallest absolute Gasteiger partial charge is 0.364 e. The Hall–Kier alpha value is -4.44. The first-order valence-electron chi connectivity index (χ1n) is 10.0. The van der Waals surface area contributed by atoms with Crippen molar-refractivity contribution in [1.82, 2.24) is 9.78 Å². The van der Waals surface area contributed by atoms with Crippen LogP contribution in [0.2, 0.25) is 0 Å². The van der Waals surface area contributed by atoms with Crippen LogP contribution in [0.25, 0.3) is 10.8 Å². The second kappa shape index (κ2) is 9.14. The number of hydrogen-bond donors (Lipinski definition) is 0. The van der Waals surface area contributed by atoms with E-state index < -0.39 is 5.97 Å². The van der Waals surface area contributed by atoms with Crippen molar-refractivity contribution in [1.29, 1.82) is 5.26 Å². The first-order valence-corrected chi connectivity index (χ1v) is 10.0. The summed E-state index contributed by atoms with van der Waals surface area (Å²) in [6, 6.07) is 22.8. The Kier molecular flexibility index (Phi) is 5.95. The quantitative estimate of drug-likeness (QED) is 0.343. The number of carbonyl (C=O) groups excluding carboxylic acids is 1. The van der Waals surface area contributed by atoms with Crippen molar-refractivity contribution in [2.24, 2.45) is 0 Å². The maximum absolute atomic E-state index is 13.1. The largest absolute Gasteiger partial charge is 0.490 e. The zero-order chi connectivity index (χ0) is 22.5. The maximum atomic E-state index is 13.1. The van der Waals surface area contributed by atoms with Gasteiger partial charge in [0.15, 0.2) is 17.2 Å². The van der Waals surface area contributed by atoms with Gasteiger partial charge in [0.05, 0.1) is 30.2 Å². The number of fused-ring (bicyclic) bond motifs is 1. The van der Waals surface area contributed by atoms with Gasteiger partial charge in [-0.05, 0) is 30.7 Å². The van der Waals surface area contributed by atoms with Gasteiger partial charge in [-0.3, -0.25) is 4.79 Å². The van der Waals surface area contributed by atoms with E-state index in [4.69, 9.17) is 14.7 Å². The molecule has 0 saturated heterocycles. The van der Waals surface area contributed by atoms with Crippen LogP contribution in [0.4, 0.5) is 0 Å². The summed E-state index contributed by atoms with van der Waals surface area (Å²) in [4.78, 5) is 26.1. The first kappa shape index (κ1) is 20.8. The van der Waals surface area contributed by atoms with Gasteiger partial charge >= 0.3 is 5.97 Å². The normalized spacial score (nSPS) is 10.5. The number of hydrogen-bond acceptors (Lipinski definition) is 6. The summed E-state index contributed by atoms with van der Waals surface area (Å²) in [5, 5.41) is 14.2. The topological polar surface area (TPSA) is 94.2 Å². The molecule has 1 heterocycles. The van der Waals surface area contributed by atoms with Crippen LogP contribution in [0.15, 0.2) is 77.6 Å². The van der Waals surface area contributed by atoms with Crippen molar-refractivity contribution in [3.63, 3.8) is 0 Å². The fourth-order valence-electron chi connectivity index (χ4n) is 3.33. The van der Waals surface area contributed by atoms with Crippen LogP contribution in [0, 0.1) is 11.3 Å². The van der Waals surface area contributed by atoms with Gasteiger partial charge in [-0.2, -0.15) is 10.4 Å². The summed E-state index contributed by atoms with van der Waals surface area (Å²) in [6.07, 6.45) is 0. The fraction of sp³-hybridized carbons (Fsp3) is 0.120. The molecule has 4 aromatic rings. The van der Waals surface area contributed by atoms with Gasteiger partial charge < -0.3 is 9.47 Å². The van der Waals surface area contributed by atoms with Crippen LogP contribution in [0.1, 0.15) is 28.5 Å². The zero-order valence-corrected chi connectivity index (χ0v) is 17.3. The maximum Gasteiger partial charge on any atom is 0.364 e. The lowest BCUT2D eigenvalue weighted by molar-refractivity contribution is 0.0722. The molecular formula is C25H19N3O4. The number of nitrogens with zero attached hydrogens (tertiary/aromatic N) is 3. The van der Waals surface area contributed by atoms with Crippen molar-refractivity contribution < 1.29 is 14.3 Å². The second-order valence-electron chi connectivity index (χ2n) is 6.94. The Balaban J connectivity index is 1.77. The molecule has 0 aliphatic heterocycles. The van der Waals surface area contributed by atoms with E-state index in [9.17, 15) is 9.59 Å². The molecule has 0 amide bonds. The average molecular weight is 425 g/mol. The van der Waals surface area contributed by atoms with Crippen LogP contribution < -0.4 is 15.0 Å².